The number of furan rings is 1. The van der Waals surface area contributed by atoms with Gasteiger partial charge in [-0.05, 0) is 50.3 Å². The summed E-state index contributed by atoms with van der Waals surface area (Å²) in [4.78, 5) is 0. The molecule has 0 saturated heterocycles. The second-order valence-electron chi connectivity index (χ2n) is 4.45. The zero-order valence-electron chi connectivity index (χ0n) is 9.05. The van der Waals surface area contributed by atoms with E-state index in [2.05, 4.69) is 13.0 Å². The van der Waals surface area contributed by atoms with E-state index in [1.165, 1.54) is 24.2 Å². The molecule has 0 bridgehead atoms. The summed E-state index contributed by atoms with van der Waals surface area (Å²) in [5.74, 6) is 3.53. The van der Waals surface area contributed by atoms with Gasteiger partial charge in [0.25, 0.3) is 0 Å². The summed E-state index contributed by atoms with van der Waals surface area (Å²) in [6.07, 6.45) is 3.51. The van der Waals surface area contributed by atoms with Crippen LogP contribution in [0.25, 0.3) is 0 Å². The Kier molecular flexibility index (Phi) is 2.64. The van der Waals surface area contributed by atoms with Gasteiger partial charge in [-0.2, -0.15) is 0 Å². The molecule has 78 valence electrons. The summed E-state index contributed by atoms with van der Waals surface area (Å²) in [5, 5.41) is 0. The standard InChI is InChI=1S/C12H19NO/c1-8-3-4-10-7-9(2)14-12(10)11(8)5-6-13/h7-8,11H,3-6,13H2,1-2H3. The first-order chi connectivity index (χ1) is 6.72. The van der Waals surface area contributed by atoms with Crippen molar-refractivity contribution in [1.82, 2.24) is 0 Å². The fourth-order valence-corrected chi connectivity index (χ4v) is 2.53. The summed E-state index contributed by atoms with van der Waals surface area (Å²) in [6.45, 7) is 5.10. The van der Waals surface area contributed by atoms with Crippen molar-refractivity contribution in [3.05, 3.63) is 23.2 Å². The van der Waals surface area contributed by atoms with Crippen LogP contribution < -0.4 is 5.73 Å². The van der Waals surface area contributed by atoms with Gasteiger partial charge in [-0.1, -0.05) is 6.92 Å². The van der Waals surface area contributed by atoms with Crippen molar-refractivity contribution in [2.75, 3.05) is 6.54 Å². The fourth-order valence-electron chi connectivity index (χ4n) is 2.53. The molecule has 0 fully saturated rings. The third-order valence-corrected chi connectivity index (χ3v) is 3.34. The van der Waals surface area contributed by atoms with E-state index in [-0.39, 0.29) is 0 Å². The van der Waals surface area contributed by atoms with Crippen LogP contribution in [-0.4, -0.2) is 6.54 Å². The molecule has 1 aromatic rings. The van der Waals surface area contributed by atoms with Crippen LogP contribution in [0, 0.1) is 12.8 Å². The third-order valence-electron chi connectivity index (χ3n) is 3.34. The van der Waals surface area contributed by atoms with Crippen LogP contribution in [-0.2, 0) is 6.42 Å². The number of rotatable bonds is 2. The Balaban J connectivity index is 2.30. The summed E-state index contributed by atoms with van der Waals surface area (Å²) >= 11 is 0. The molecule has 0 aromatic carbocycles. The molecule has 2 N–H and O–H groups in total. The largest absolute Gasteiger partial charge is 0.466 e. The molecule has 14 heavy (non-hydrogen) atoms. The first-order valence-electron chi connectivity index (χ1n) is 5.51. The molecule has 0 spiro atoms. The van der Waals surface area contributed by atoms with Crippen LogP contribution in [0.1, 0.15) is 42.8 Å². The molecule has 1 aliphatic carbocycles. The second kappa shape index (κ2) is 3.77. The number of hydrogen-bond donors (Lipinski definition) is 1. The molecule has 2 nitrogen and oxygen atoms in total. The first-order valence-corrected chi connectivity index (χ1v) is 5.51. The van der Waals surface area contributed by atoms with E-state index < -0.39 is 0 Å². The molecule has 2 rings (SSSR count). The normalized spacial score (nSPS) is 26.2. The highest BCUT2D eigenvalue weighted by molar-refractivity contribution is 5.27. The van der Waals surface area contributed by atoms with E-state index in [9.17, 15) is 0 Å². The van der Waals surface area contributed by atoms with E-state index >= 15 is 0 Å². The van der Waals surface area contributed by atoms with Gasteiger partial charge in [0.1, 0.15) is 11.5 Å². The van der Waals surface area contributed by atoms with Gasteiger partial charge in [-0.25, -0.2) is 0 Å². The summed E-state index contributed by atoms with van der Waals surface area (Å²) < 4.78 is 5.79. The number of aryl methyl sites for hydroxylation is 2. The minimum atomic E-state index is 0.553. The van der Waals surface area contributed by atoms with Crippen molar-refractivity contribution in [3.63, 3.8) is 0 Å². The van der Waals surface area contributed by atoms with Gasteiger partial charge in [-0.3, -0.25) is 0 Å². The summed E-state index contributed by atoms with van der Waals surface area (Å²) in [7, 11) is 0. The molecule has 1 aliphatic rings. The van der Waals surface area contributed by atoms with Crippen molar-refractivity contribution in [2.24, 2.45) is 11.7 Å². The van der Waals surface area contributed by atoms with Gasteiger partial charge >= 0.3 is 0 Å². The lowest BCUT2D eigenvalue weighted by atomic mass is 9.78. The zero-order valence-corrected chi connectivity index (χ0v) is 9.05. The lowest BCUT2D eigenvalue weighted by Gasteiger charge is -2.27. The van der Waals surface area contributed by atoms with Crippen LogP contribution in [0.2, 0.25) is 0 Å². The average molecular weight is 193 g/mol. The van der Waals surface area contributed by atoms with Crippen molar-refractivity contribution in [2.45, 2.75) is 39.0 Å². The van der Waals surface area contributed by atoms with Crippen LogP contribution in [0.3, 0.4) is 0 Å². The molecule has 2 atom stereocenters. The monoisotopic (exact) mass is 193 g/mol. The molecular weight excluding hydrogens is 174 g/mol. The van der Waals surface area contributed by atoms with Gasteiger partial charge in [0, 0.05) is 5.92 Å². The molecular formula is C12H19NO. The Morgan fingerprint density at radius 3 is 3.07 bits per heavy atom. The number of hydrogen-bond acceptors (Lipinski definition) is 2. The quantitative estimate of drug-likeness (QED) is 0.784. The molecule has 0 amide bonds. The van der Waals surface area contributed by atoms with Crippen LogP contribution >= 0.6 is 0 Å². The minimum Gasteiger partial charge on any atom is -0.466 e. The molecule has 1 heterocycles. The molecule has 1 aromatic heterocycles. The van der Waals surface area contributed by atoms with Crippen molar-refractivity contribution in [3.8, 4) is 0 Å². The van der Waals surface area contributed by atoms with Gasteiger partial charge in [0.2, 0.25) is 0 Å². The topological polar surface area (TPSA) is 39.2 Å². The lowest BCUT2D eigenvalue weighted by molar-refractivity contribution is 0.319. The first kappa shape index (κ1) is 9.78. The number of nitrogens with two attached hydrogens (primary N) is 1. The van der Waals surface area contributed by atoms with Gasteiger partial charge in [0.05, 0.1) is 0 Å². The average Bonchev–Trinajstić information content (AvgIpc) is 2.51. The van der Waals surface area contributed by atoms with E-state index in [1.807, 2.05) is 6.92 Å². The zero-order chi connectivity index (χ0) is 10.1. The predicted molar refractivity (Wildman–Crippen MR) is 57.3 cm³/mol. The summed E-state index contributed by atoms with van der Waals surface area (Å²) in [5.41, 5.74) is 7.06. The highest BCUT2D eigenvalue weighted by Gasteiger charge is 2.29. The van der Waals surface area contributed by atoms with E-state index in [0.29, 0.717) is 5.92 Å². The maximum absolute atomic E-state index is 5.79. The molecule has 2 unspecified atom stereocenters. The van der Waals surface area contributed by atoms with E-state index in [4.69, 9.17) is 10.2 Å². The van der Waals surface area contributed by atoms with Gasteiger partial charge in [0.15, 0.2) is 0 Å². The lowest BCUT2D eigenvalue weighted by Crippen LogP contribution is -2.19. The molecule has 2 heteroatoms. The van der Waals surface area contributed by atoms with Crippen LogP contribution in [0.15, 0.2) is 10.5 Å². The Labute approximate surface area is 85.5 Å². The Morgan fingerprint density at radius 1 is 1.57 bits per heavy atom. The van der Waals surface area contributed by atoms with Crippen molar-refractivity contribution < 1.29 is 4.42 Å². The molecule has 0 saturated carbocycles. The Hall–Kier alpha value is -0.760. The smallest absolute Gasteiger partial charge is 0.110 e. The van der Waals surface area contributed by atoms with E-state index in [1.54, 1.807) is 0 Å². The van der Waals surface area contributed by atoms with Crippen LogP contribution in [0.5, 0.6) is 0 Å². The highest BCUT2D eigenvalue weighted by Crippen LogP contribution is 2.39. The fraction of sp³-hybridized carbons (Fsp3) is 0.667. The van der Waals surface area contributed by atoms with Crippen molar-refractivity contribution in [1.29, 1.82) is 0 Å². The second-order valence-corrected chi connectivity index (χ2v) is 4.45. The maximum Gasteiger partial charge on any atom is 0.110 e. The molecule has 0 radical (unpaired) electrons. The SMILES string of the molecule is Cc1cc2c(o1)C(CCN)C(C)CC2. The third kappa shape index (κ3) is 1.59. The number of fused-ring (bicyclic) bond motifs is 1. The van der Waals surface area contributed by atoms with Crippen LogP contribution in [0.4, 0.5) is 0 Å². The Morgan fingerprint density at radius 2 is 2.36 bits per heavy atom. The predicted octanol–water partition coefficient (Wildman–Crippen LogP) is 2.60. The maximum atomic E-state index is 5.79. The molecule has 0 aliphatic heterocycles. The highest BCUT2D eigenvalue weighted by atomic mass is 16.3. The van der Waals surface area contributed by atoms with E-state index in [0.717, 1.165) is 24.6 Å². The Bertz CT molecular complexity index is 316. The van der Waals surface area contributed by atoms with Gasteiger partial charge in [-0.15, -0.1) is 0 Å². The van der Waals surface area contributed by atoms with Gasteiger partial charge < -0.3 is 10.2 Å². The summed E-state index contributed by atoms with van der Waals surface area (Å²) in [6, 6.07) is 2.19. The van der Waals surface area contributed by atoms with Crippen molar-refractivity contribution >= 4 is 0 Å². The minimum absolute atomic E-state index is 0.553.